The third-order valence-corrected chi connectivity index (χ3v) is 6.21. The van der Waals surface area contributed by atoms with Crippen molar-refractivity contribution in [3.63, 3.8) is 0 Å². The van der Waals surface area contributed by atoms with Gasteiger partial charge in [0.2, 0.25) is 0 Å². The molecule has 4 nitrogen and oxygen atoms in total. The molecule has 0 unspecified atom stereocenters. The van der Waals surface area contributed by atoms with E-state index in [4.69, 9.17) is 4.74 Å². The highest BCUT2D eigenvalue weighted by molar-refractivity contribution is 7.98. The van der Waals surface area contributed by atoms with Gasteiger partial charge in [-0.25, -0.2) is 0 Å². The lowest BCUT2D eigenvalue weighted by atomic mass is 10.1. The molecule has 1 heterocycles. The first-order valence-electron chi connectivity index (χ1n) is 10.1. The van der Waals surface area contributed by atoms with Crippen molar-refractivity contribution in [2.24, 2.45) is 0 Å². The Balaban J connectivity index is 1.57. The molecule has 0 aliphatic heterocycles. The van der Waals surface area contributed by atoms with Crippen molar-refractivity contribution in [1.29, 1.82) is 0 Å². The molecule has 0 saturated heterocycles. The van der Waals surface area contributed by atoms with Crippen LogP contribution in [0.4, 0.5) is 0 Å². The molecule has 1 aromatic heterocycles. The molecule has 0 fully saturated rings. The zero-order valence-electron chi connectivity index (χ0n) is 17.1. The number of para-hydroxylation sites is 2. The van der Waals surface area contributed by atoms with Crippen molar-refractivity contribution in [3.05, 3.63) is 103 Å². The second-order valence-corrected chi connectivity index (χ2v) is 8.05. The van der Waals surface area contributed by atoms with E-state index in [1.165, 1.54) is 16.3 Å². The molecular weight excluding hydrogens is 402 g/mol. The number of hydrogen-bond acceptors (Lipinski definition) is 4. The molecule has 0 N–H and O–H groups in total. The second-order valence-electron chi connectivity index (χ2n) is 7.10. The van der Waals surface area contributed by atoms with Gasteiger partial charge in [0, 0.05) is 11.4 Å². The van der Waals surface area contributed by atoms with Crippen LogP contribution in [0.25, 0.3) is 27.8 Å². The van der Waals surface area contributed by atoms with E-state index in [9.17, 15) is 0 Å². The van der Waals surface area contributed by atoms with Crippen molar-refractivity contribution in [3.8, 4) is 22.8 Å². The van der Waals surface area contributed by atoms with E-state index in [0.29, 0.717) is 0 Å². The first-order valence-corrected chi connectivity index (χ1v) is 11.1. The Labute approximate surface area is 185 Å². The topological polar surface area (TPSA) is 39.9 Å². The molecule has 152 valence electrons. The number of ether oxygens (including phenoxy) is 1. The molecule has 0 aliphatic carbocycles. The van der Waals surface area contributed by atoms with Gasteiger partial charge in [0.15, 0.2) is 11.0 Å². The van der Waals surface area contributed by atoms with E-state index < -0.39 is 0 Å². The number of aromatic nitrogens is 3. The van der Waals surface area contributed by atoms with Gasteiger partial charge in [0.25, 0.3) is 0 Å². The highest BCUT2D eigenvalue weighted by atomic mass is 32.2. The predicted octanol–water partition coefficient (Wildman–Crippen LogP) is 6.39. The van der Waals surface area contributed by atoms with Crippen molar-refractivity contribution < 1.29 is 4.74 Å². The molecule has 4 aromatic carbocycles. The van der Waals surface area contributed by atoms with Gasteiger partial charge in [-0.1, -0.05) is 84.6 Å². The molecule has 0 radical (unpaired) electrons. The summed E-state index contributed by atoms with van der Waals surface area (Å²) in [5.74, 6) is 2.35. The minimum atomic E-state index is 0.768. The number of methoxy groups -OCH3 is 1. The van der Waals surface area contributed by atoms with Gasteiger partial charge in [-0.3, -0.25) is 4.57 Å². The van der Waals surface area contributed by atoms with Gasteiger partial charge < -0.3 is 4.74 Å². The molecule has 0 saturated carbocycles. The monoisotopic (exact) mass is 423 g/mol. The summed E-state index contributed by atoms with van der Waals surface area (Å²) in [6, 6.07) is 33.1. The average Bonchev–Trinajstić information content (AvgIpc) is 3.27. The molecule has 0 bridgehead atoms. The van der Waals surface area contributed by atoms with Crippen LogP contribution in [0.5, 0.6) is 5.75 Å². The zero-order valence-corrected chi connectivity index (χ0v) is 17.9. The van der Waals surface area contributed by atoms with Crippen molar-refractivity contribution in [2.75, 3.05) is 7.11 Å². The molecule has 0 spiro atoms. The van der Waals surface area contributed by atoms with E-state index in [1.807, 2.05) is 42.5 Å². The predicted molar refractivity (Wildman–Crippen MR) is 127 cm³/mol. The van der Waals surface area contributed by atoms with Crippen LogP contribution in [0.2, 0.25) is 0 Å². The number of nitrogens with zero attached hydrogens (tertiary/aromatic N) is 3. The van der Waals surface area contributed by atoms with E-state index >= 15 is 0 Å². The number of thioether (sulfide) groups is 1. The maximum absolute atomic E-state index is 5.59. The lowest BCUT2D eigenvalue weighted by Crippen LogP contribution is -2.00. The number of hydrogen-bond donors (Lipinski definition) is 0. The van der Waals surface area contributed by atoms with Crippen LogP contribution in [0.3, 0.4) is 0 Å². The minimum Gasteiger partial charge on any atom is -0.496 e. The van der Waals surface area contributed by atoms with Gasteiger partial charge in [-0.05, 0) is 40.6 Å². The standard InChI is InChI=1S/C26H21N3OS/c1-30-24-17-8-7-16-23(24)25-27-28-26(29(25)21-13-3-2-4-14-21)31-18-20-12-9-11-19-10-5-6-15-22(19)20/h2-17H,18H2,1H3. The highest BCUT2D eigenvalue weighted by Gasteiger charge is 2.19. The number of fused-ring (bicyclic) bond motifs is 1. The van der Waals surface area contributed by atoms with Crippen LogP contribution in [0, 0.1) is 0 Å². The van der Waals surface area contributed by atoms with Crippen LogP contribution < -0.4 is 4.74 Å². The van der Waals surface area contributed by atoms with Gasteiger partial charge in [-0.15, -0.1) is 10.2 Å². The summed E-state index contributed by atoms with van der Waals surface area (Å²) in [7, 11) is 1.68. The molecule has 5 aromatic rings. The van der Waals surface area contributed by atoms with E-state index in [2.05, 4.69) is 69.4 Å². The average molecular weight is 424 g/mol. The normalized spacial score (nSPS) is 11.0. The molecule has 31 heavy (non-hydrogen) atoms. The molecular formula is C26H21N3OS. The van der Waals surface area contributed by atoms with Crippen molar-refractivity contribution in [1.82, 2.24) is 14.8 Å². The summed E-state index contributed by atoms with van der Waals surface area (Å²) in [6.07, 6.45) is 0. The first-order chi connectivity index (χ1) is 15.3. The van der Waals surface area contributed by atoms with Gasteiger partial charge in [0.05, 0.1) is 12.7 Å². The van der Waals surface area contributed by atoms with E-state index in [1.54, 1.807) is 18.9 Å². The Bertz CT molecular complexity index is 1330. The van der Waals surface area contributed by atoms with Gasteiger partial charge in [-0.2, -0.15) is 0 Å². The Kier molecular flexibility index (Phi) is 5.42. The maximum atomic E-state index is 5.59. The van der Waals surface area contributed by atoms with Crippen LogP contribution in [-0.4, -0.2) is 21.9 Å². The summed E-state index contributed by atoms with van der Waals surface area (Å²) < 4.78 is 7.69. The second kappa shape index (κ2) is 8.66. The number of benzene rings is 4. The summed E-state index contributed by atoms with van der Waals surface area (Å²) in [5.41, 5.74) is 3.22. The molecule has 0 atom stereocenters. The lowest BCUT2D eigenvalue weighted by Gasteiger charge is -2.12. The SMILES string of the molecule is COc1ccccc1-c1nnc(SCc2cccc3ccccc23)n1-c1ccccc1. The summed E-state index contributed by atoms with van der Waals surface area (Å²) in [6.45, 7) is 0. The number of rotatable bonds is 6. The van der Waals surface area contributed by atoms with Gasteiger partial charge >= 0.3 is 0 Å². The minimum absolute atomic E-state index is 0.768. The summed E-state index contributed by atoms with van der Waals surface area (Å²) >= 11 is 1.69. The van der Waals surface area contributed by atoms with Crippen LogP contribution in [0.1, 0.15) is 5.56 Å². The Hall–Kier alpha value is -3.57. The zero-order chi connectivity index (χ0) is 21.0. The highest BCUT2D eigenvalue weighted by Crippen LogP contribution is 2.34. The summed E-state index contributed by atoms with van der Waals surface area (Å²) in [5, 5.41) is 12.5. The quantitative estimate of drug-likeness (QED) is 0.297. The van der Waals surface area contributed by atoms with Crippen LogP contribution in [-0.2, 0) is 5.75 Å². The molecule has 5 rings (SSSR count). The summed E-state index contributed by atoms with van der Waals surface area (Å²) in [4.78, 5) is 0. The van der Waals surface area contributed by atoms with E-state index in [-0.39, 0.29) is 0 Å². The Morgan fingerprint density at radius 1 is 0.774 bits per heavy atom. The fourth-order valence-corrected chi connectivity index (χ4v) is 4.69. The van der Waals surface area contributed by atoms with Crippen molar-refractivity contribution in [2.45, 2.75) is 10.9 Å². The van der Waals surface area contributed by atoms with Crippen LogP contribution in [0.15, 0.2) is 102 Å². The first kappa shape index (κ1) is 19.4. The maximum Gasteiger partial charge on any atom is 0.196 e. The fraction of sp³-hybridized carbons (Fsp3) is 0.0769. The Morgan fingerprint density at radius 3 is 2.39 bits per heavy atom. The molecule has 5 heteroatoms. The van der Waals surface area contributed by atoms with Crippen LogP contribution >= 0.6 is 11.8 Å². The smallest absolute Gasteiger partial charge is 0.196 e. The van der Waals surface area contributed by atoms with Crippen molar-refractivity contribution >= 4 is 22.5 Å². The lowest BCUT2D eigenvalue weighted by molar-refractivity contribution is 0.416. The molecule has 0 amide bonds. The van der Waals surface area contributed by atoms with Gasteiger partial charge in [0.1, 0.15) is 5.75 Å². The molecule has 0 aliphatic rings. The Morgan fingerprint density at radius 2 is 1.52 bits per heavy atom. The third-order valence-electron chi connectivity index (χ3n) is 5.23. The fourth-order valence-electron chi connectivity index (χ4n) is 3.74. The largest absolute Gasteiger partial charge is 0.496 e. The third kappa shape index (κ3) is 3.80. The van der Waals surface area contributed by atoms with E-state index in [0.717, 1.165) is 33.7 Å².